The summed E-state index contributed by atoms with van der Waals surface area (Å²) in [5.74, 6) is 0.214. The van der Waals surface area contributed by atoms with Crippen molar-refractivity contribution in [3.8, 4) is 0 Å². The van der Waals surface area contributed by atoms with Crippen LogP contribution in [0.25, 0.3) is 0 Å². The maximum atomic E-state index is 12.5. The van der Waals surface area contributed by atoms with Crippen molar-refractivity contribution in [2.75, 3.05) is 23.3 Å². The normalized spacial score (nSPS) is 23.5. The molecule has 0 saturated carbocycles. The lowest BCUT2D eigenvalue weighted by Gasteiger charge is -2.46. The van der Waals surface area contributed by atoms with Gasteiger partial charge < -0.3 is 9.80 Å². The van der Waals surface area contributed by atoms with Crippen molar-refractivity contribution in [3.63, 3.8) is 0 Å². The maximum Gasteiger partial charge on any atom is 0.233 e. The Hall–Kier alpha value is -1.81. The summed E-state index contributed by atoms with van der Waals surface area (Å²) in [7, 11) is 0. The fraction of sp³-hybridized carbons (Fsp3) is 0.350. The van der Waals surface area contributed by atoms with E-state index in [1.54, 1.807) is 0 Å². The molecule has 0 N–H and O–H groups in total. The molecule has 3 aliphatic rings. The van der Waals surface area contributed by atoms with Gasteiger partial charge in [0.25, 0.3) is 0 Å². The van der Waals surface area contributed by atoms with Crippen LogP contribution >= 0.6 is 15.9 Å². The molecule has 2 heterocycles. The van der Waals surface area contributed by atoms with Gasteiger partial charge in [0.1, 0.15) is 0 Å². The smallest absolute Gasteiger partial charge is 0.233 e. The van der Waals surface area contributed by atoms with Gasteiger partial charge in [-0.05, 0) is 41.2 Å². The van der Waals surface area contributed by atoms with E-state index in [1.807, 2.05) is 0 Å². The highest BCUT2D eigenvalue weighted by Gasteiger charge is 2.46. The van der Waals surface area contributed by atoms with Crippen molar-refractivity contribution >= 4 is 27.5 Å². The monoisotopic (exact) mass is 382 g/mol. The van der Waals surface area contributed by atoms with Crippen molar-refractivity contribution in [2.24, 2.45) is 0 Å². The van der Waals surface area contributed by atoms with Crippen LogP contribution in [0.5, 0.6) is 0 Å². The highest BCUT2D eigenvalue weighted by atomic mass is 79.9. The number of carbonyl (C=O) groups excluding carboxylic acids is 1. The van der Waals surface area contributed by atoms with Gasteiger partial charge in [0.15, 0.2) is 0 Å². The second kappa shape index (κ2) is 5.35. The van der Waals surface area contributed by atoms with Crippen LogP contribution in [0, 0.1) is 0 Å². The van der Waals surface area contributed by atoms with E-state index in [0.717, 1.165) is 25.9 Å². The average Bonchev–Trinajstić information content (AvgIpc) is 2.94. The van der Waals surface area contributed by atoms with E-state index in [9.17, 15) is 4.79 Å². The minimum Gasteiger partial charge on any atom is -0.360 e. The van der Waals surface area contributed by atoms with Crippen molar-refractivity contribution < 1.29 is 4.79 Å². The van der Waals surface area contributed by atoms with E-state index in [0.29, 0.717) is 11.4 Å². The van der Waals surface area contributed by atoms with Crippen molar-refractivity contribution in [1.82, 2.24) is 4.90 Å². The van der Waals surface area contributed by atoms with Crippen LogP contribution in [0.3, 0.4) is 0 Å². The number of carbonyl (C=O) groups is 1. The molecular weight excluding hydrogens is 364 g/mol. The summed E-state index contributed by atoms with van der Waals surface area (Å²) in [6.07, 6.45) is 1.97. The second-order valence-corrected chi connectivity index (χ2v) is 7.49. The quantitative estimate of drug-likeness (QED) is 0.706. The van der Waals surface area contributed by atoms with E-state index in [4.69, 9.17) is 0 Å². The summed E-state index contributed by atoms with van der Waals surface area (Å²) in [6.45, 7) is 1.72. The number of piperazine rings is 1. The molecule has 0 aromatic heterocycles. The van der Waals surface area contributed by atoms with Crippen LogP contribution in [0.1, 0.15) is 28.3 Å². The molecule has 3 nitrogen and oxygen atoms in total. The molecule has 2 aromatic rings. The molecule has 0 unspecified atom stereocenters. The summed E-state index contributed by atoms with van der Waals surface area (Å²) in [6, 6.07) is 16.0. The Morgan fingerprint density at radius 1 is 1.04 bits per heavy atom. The summed E-state index contributed by atoms with van der Waals surface area (Å²) in [4.78, 5) is 17.1. The average molecular weight is 383 g/mol. The fourth-order valence-corrected chi connectivity index (χ4v) is 5.20. The summed E-state index contributed by atoms with van der Waals surface area (Å²) < 4.78 is 0. The lowest BCUT2D eigenvalue weighted by Crippen LogP contribution is -2.56. The zero-order valence-electron chi connectivity index (χ0n) is 13.4. The van der Waals surface area contributed by atoms with Gasteiger partial charge in [0.05, 0.1) is 17.4 Å². The minimum absolute atomic E-state index is 0.214. The number of anilines is 1. The highest BCUT2D eigenvalue weighted by Crippen LogP contribution is 2.48. The van der Waals surface area contributed by atoms with Gasteiger partial charge in [0, 0.05) is 18.8 Å². The van der Waals surface area contributed by atoms with E-state index >= 15 is 0 Å². The number of hydrogen-bond donors (Lipinski definition) is 0. The molecule has 5 rings (SSSR count). The van der Waals surface area contributed by atoms with Gasteiger partial charge in [-0.15, -0.1) is 0 Å². The summed E-state index contributed by atoms with van der Waals surface area (Å²) in [5.41, 5.74) is 7.09. The third-order valence-electron chi connectivity index (χ3n) is 5.81. The SMILES string of the molecule is O=C(CBr)N1CCN2c3ccccc3Cc3cccc4c3[C@H]2[C@@H]1C4. The van der Waals surface area contributed by atoms with Crippen LogP contribution in [-0.2, 0) is 17.6 Å². The van der Waals surface area contributed by atoms with Crippen LogP contribution in [0.2, 0.25) is 0 Å². The van der Waals surface area contributed by atoms with Gasteiger partial charge in [0.2, 0.25) is 5.91 Å². The molecule has 2 atom stereocenters. The molecule has 2 aromatic carbocycles. The number of fused-ring (bicyclic) bond motifs is 2. The number of hydrogen-bond acceptors (Lipinski definition) is 2. The number of para-hydroxylation sites is 1. The molecular formula is C20H19BrN2O. The number of benzene rings is 2. The Morgan fingerprint density at radius 2 is 1.83 bits per heavy atom. The van der Waals surface area contributed by atoms with Crippen molar-refractivity contribution in [3.05, 3.63) is 64.7 Å². The Bertz CT molecular complexity index is 834. The molecule has 0 spiro atoms. The number of nitrogens with zero attached hydrogens (tertiary/aromatic N) is 2. The highest BCUT2D eigenvalue weighted by molar-refractivity contribution is 9.09. The largest absolute Gasteiger partial charge is 0.360 e. The topological polar surface area (TPSA) is 23.6 Å². The van der Waals surface area contributed by atoms with Gasteiger partial charge in [-0.2, -0.15) is 0 Å². The van der Waals surface area contributed by atoms with Crippen LogP contribution in [0.15, 0.2) is 42.5 Å². The molecule has 1 saturated heterocycles. The first kappa shape index (κ1) is 14.5. The standard InChI is InChI=1S/C20H19BrN2O/c21-12-18(24)22-8-9-23-16-7-2-1-4-13(16)10-14-5-3-6-15-11-17(22)20(23)19(14)15/h1-7,17,20H,8-12H2/t17-,20+/m0/s1. The van der Waals surface area contributed by atoms with Gasteiger partial charge in [-0.3, -0.25) is 4.79 Å². The molecule has 0 radical (unpaired) electrons. The molecule has 24 heavy (non-hydrogen) atoms. The maximum absolute atomic E-state index is 12.5. The lowest BCUT2D eigenvalue weighted by atomic mass is 9.96. The van der Waals surface area contributed by atoms with E-state index in [2.05, 4.69) is 68.2 Å². The number of halogens is 1. The number of rotatable bonds is 1. The zero-order valence-corrected chi connectivity index (χ0v) is 15.0. The van der Waals surface area contributed by atoms with Crippen molar-refractivity contribution in [2.45, 2.75) is 24.9 Å². The number of amides is 1. The van der Waals surface area contributed by atoms with Gasteiger partial charge in [-0.1, -0.05) is 52.3 Å². The van der Waals surface area contributed by atoms with E-state index < -0.39 is 0 Å². The Morgan fingerprint density at radius 3 is 2.71 bits per heavy atom. The Kier molecular flexibility index (Phi) is 3.24. The first-order valence-electron chi connectivity index (χ1n) is 8.58. The molecule has 1 fully saturated rings. The Labute approximate surface area is 150 Å². The molecule has 1 aliphatic carbocycles. The van der Waals surface area contributed by atoms with Crippen molar-refractivity contribution in [1.29, 1.82) is 0 Å². The fourth-order valence-electron chi connectivity index (χ4n) is 4.87. The predicted molar refractivity (Wildman–Crippen MR) is 98.8 cm³/mol. The molecule has 4 heteroatoms. The first-order valence-corrected chi connectivity index (χ1v) is 9.70. The zero-order chi connectivity index (χ0) is 16.3. The summed E-state index contributed by atoms with van der Waals surface area (Å²) >= 11 is 3.36. The third-order valence-corrected chi connectivity index (χ3v) is 6.29. The van der Waals surface area contributed by atoms with Gasteiger partial charge in [-0.25, -0.2) is 0 Å². The van der Waals surface area contributed by atoms with Crippen LogP contribution in [-0.4, -0.2) is 35.3 Å². The number of alkyl halides is 1. The summed E-state index contributed by atoms with van der Waals surface area (Å²) in [5, 5.41) is 0.413. The lowest BCUT2D eigenvalue weighted by molar-refractivity contribution is -0.131. The first-order chi connectivity index (χ1) is 11.8. The Balaban J connectivity index is 1.71. The van der Waals surface area contributed by atoms with Crippen LogP contribution in [0.4, 0.5) is 5.69 Å². The minimum atomic E-state index is 0.214. The molecule has 0 bridgehead atoms. The molecule has 122 valence electrons. The predicted octanol–water partition coefficient (Wildman–Crippen LogP) is 3.30. The van der Waals surface area contributed by atoms with E-state index in [1.165, 1.54) is 27.9 Å². The van der Waals surface area contributed by atoms with Gasteiger partial charge >= 0.3 is 0 Å². The molecule has 1 amide bonds. The third kappa shape index (κ3) is 1.92. The second-order valence-electron chi connectivity index (χ2n) is 6.93. The van der Waals surface area contributed by atoms with Crippen LogP contribution < -0.4 is 4.90 Å². The van der Waals surface area contributed by atoms with E-state index in [-0.39, 0.29) is 11.9 Å². The molecule has 2 aliphatic heterocycles.